The standard InChI is InChI=1S/C27H31ClN2O3/c1-27(2,3)19-11-14-23-22(16-19)30(17-25(31)29-21-7-5-4-6-8-21)26(32)24(33-23)15-18-9-12-20(28)13-10-18/h9-16,21H,4-8,17H2,1-3H3,(H,29,31). The zero-order chi connectivity index (χ0) is 23.6. The van der Waals surface area contributed by atoms with Crippen molar-refractivity contribution in [3.8, 4) is 5.75 Å². The van der Waals surface area contributed by atoms with Crippen LogP contribution in [0.2, 0.25) is 5.02 Å². The highest BCUT2D eigenvalue weighted by Gasteiger charge is 2.33. The van der Waals surface area contributed by atoms with Crippen LogP contribution in [0, 0.1) is 0 Å². The maximum absolute atomic E-state index is 13.5. The van der Waals surface area contributed by atoms with Crippen LogP contribution in [-0.4, -0.2) is 24.4 Å². The highest BCUT2D eigenvalue weighted by atomic mass is 35.5. The molecule has 0 atom stereocenters. The largest absolute Gasteiger partial charge is 0.449 e. The highest BCUT2D eigenvalue weighted by Crippen LogP contribution is 2.39. The quantitative estimate of drug-likeness (QED) is 0.574. The van der Waals surface area contributed by atoms with Crippen LogP contribution >= 0.6 is 11.6 Å². The number of ether oxygens (including phenoxy) is 1. The number of fused-ring (bicyclic) bond motifs is 1. The van der Waals surface area contributed by atoms with Crippen molar-refractivity contribution in [3.05, 3.63) is 64.4 Å². The van der Waals surface area contributed by atoms with Gasteiger partial charge < -0.3 is 10.1 Å². The second-order valence-corrected chi connectivity index (χ2v) is 10.3. The molecule has 174 valence electrons. The molecule has 4 rings (SSSR count). The molecule has 0 saturated heterocycles. The summed E-state index contributed by atoms with van der Waals surface area (Å²) in [5, 5.41) is 3.74. The first-order valence-electron chi connectivity index (χ1n) is 11.6. The molecule has 1 aliphatic heterocycles. The molecule has 1 heterocycles. The second kappa shape index (κ2) is 9.60. The molecular weight excluding hydrogens is 436 g/mol. The van der Waals surface area contributed by atoms with Gasteiger partial charge in [0.15, 0.2) is 11.5 Å². The minimum Gasteiger partial charge on any atom is -0.449 e. The fraction of sp³-hybridized carbons (Fsp3) is 0.407. The van der Waals surface area contributed by atoms with Gasteiger partial charge in [-0.25, -0.2) is 0 Å². The first-order chi connectivity index (χ1) is 15.7. The first kappa shape index (κ1) is 23.4. The number of amides is 2. The Bertz CT molecular complexity index is 1060. The van der Waals surface area contributed by atoms with Crippen LogP contribution in [-0.2, 0) is 15.0 Å². The van der Waals surface area contributed by atoms with Gasteiger partial charge in [-0.1, -0.05) is 69.8 Å². The molecular formula is C27H31ClN2O3. The number of nitrogens with zero attached hydrogens (tertiary/aromatic N) is 1. The van der Waals surface area contributed by atoms with Gasteiger partial charge in [0.1, 0.15) is 6.54 Å². The van der Waals surface area contributed by atoms with Crippen LogP contribution in [0.1, 0.15) is 64.0 Å². The molecule has 2 amide bonds. The van der Waals surface area contributed by atoms with Gasteiger partial charge in [0.05, 0.1) is 5.69 Å². The van der Waals surface area contributed by atoms with Gasteiger partial charge in [-0.15, -0.1) is 0 Å². The molecule has 0 radical (unpaired) electrons. The van der Waals surface area contributed by atoms with Crippen LogP contribution in [0.4, 0.5) is 5.69 Å². The zero-order valence-electron chi connectivity index (χ0n) is 19.5. The number of halogens is 1. The number of anilines is 1. The Labute approximate surface area is 200 Å². The first-order valence-corrected chi connectivity index (χ1v) is 12.0. The SMILES string of the molecule is CC(C)(C)c1ccc2c(c1)N(CC(=O)NC1CCCCC1)C(=O)C(=Cc1ccc(Cl)cc1)O2. The Morgan fingerprint density at radius 3 is 2.48 bits per heavy atom. The summed E-state index contributed by atoms with van der Waals surface area (Å²) in [5.41, 5.74) is 2.39. The van der Waals surface area contributed by atoms with Gasteiger partial charge in [0, 0.05) is 11.1 Å². The van der Waals surface area contributed by atoms with Crippen molar-refractivity contribution >= 4 is 35.2 Å². The van der Waals surface area contributed by atoms with E-state index < -0.39 is 0 Å². The zero-order valence-corrected chi connectivity index (χ0v) is 20.2. The number of hydrogen-bond acceptors (Lipinski definition) is 3. The van der Waals surface area contributed by atoms with Crippen molar-refractivity contribution < 1.29 is 14.3 Å². The number of rotatable bonds is 4. The van der Waals surface area contributed by atoms with Crippen LogP contribution in [0.25, 0.3) is 6.08 Å². The van der Waals surface area contributed by atoms with E-state index in [2.05, 4.69) is 26.1 Å². The maximum atomic E-state index is 13.5. The Kier molecular flexibility index (Phi) is 6.80. The molecule has 1 saturated carbocycles. The number of carbonyl (C=O) groups is 2. The predicted molar refractivity (Wildman–Crippen MR) is 133 cm³/mol. The molecule has 5 nitrogen and oxygen atoms in total. The lowest BCUT2D eigenvalue weighted by Gasteiger charge is -2.32. The third kappa shape index (κ3) is 5.59. The summed E-state index contributed by atoms with van der Waals surface area (Å²) in [6.07, 6.45) is 7.16. The summed E-state index contributed by atoms with van der Waals surface area (Å²) in [6.45, 7) is 6.31. The molecule has 0 aromatic heterocycles. The summed E-state index contributed by atoms with van der Waals surface area (Å²) in [5.74, 6) is 0.268. The monoisotopic (exact) mass is 466 g/mol. The fourth-order valence-electron chi connectivity index (χ4n) is 4.31. The van der Waals surface area contributed by atoms with Gasteiger partial charge in [0.2, 0.25) is 5.91 Å². The van der Waals surface area contributed by atoms with Gasteiger partial charge in [0.25, 0.3) is 5.91 Å². The molecule has 0 bridgehead atoms. The summed E-state index contributed by atoms with van der Waals surface area (Å²) in [6, 6.07) is 13.2. The van der Waals surface area contributed by atoms with Crippen molar-refractivity contribution in [2.45, 2.75) is 64.3 Å². The maximum Gasteiger partial charge on any atom is 0.294 e. The predicted octanol–water partition coefficient (Wildman–Crippen LogP) is 5.85. The Hall–Kier alpha value is -2.79. The van der Waals surface area contributed by atoms with E-state index >= 15 is 0 Å². The van der Waals surface area contributed by atoms with Crippen LogP contribution in [0.15, 0.2) is 48.2 Å². The molecule has 1 aliphatic carbocycles. The molecule has 1 fully saturated rings. The van der Waals surface area contributed by atoms with Crippen molar-refractivity contribution in [2.75, 3.05) is 11.4 Å². The van der Waals surface area contributed by atoms with Gasteiger partial charge in [-0.2, -0.15) is 0 Å². The average molecular weight is 467 g/mol. The van der Waals surface area contributed by atoms with Crippen molar-refractivity contribution in [2.24, 2.45) is 0 Å². The summed E-state index contributed by atoms with van der Waals surface area (Å²) < 4.78 is 6.01. The fourth-order valence-corrected chi connectivity index (χ4v) is 4.43. The summed E-state index contributed by atoms with van der Waals surface area (Å²) in [4.78, 5) is 27.9. The van der Waals surface area contributed by atoms with Crippen LogP contribution < -0.4 is 15.0 Å². The van der Waals surface area contributed by atoms with E-state index in [1.807, 2.05) is 30.3 Å². The Morgan fingerprint density at radius 2 is 1.82 bits per heavy atom. The van der Waals surface area contributed by atoms with E-state index in [9.17, 15) is 9.59 Å². The third-order valence-corrected chi connectivity index (χ3v) is 6.48. The second-order valence-electron chi connectivity index (χ2n) is 9.89. The lowest BCUT2D eigenvalue weighted by Crippen LogP contribution is -2.47. The van der Waals surface area contributed by atoms with Gasteiger partial charge in [-0.05, 0) is 59.7 Å². The average Bonchev–Trinajstić information content (AvgIpc) is 2.78. The van der Waals surface area contributed by atoms with Crippen molar-refractivity contribution in [1.29, 1.82) is 0 Å². The van der Waals surface area contributed by atoms with Crippen molar-refractivity contribution in [3.63, 3.8) is 0 Å². The van der Waals surface area contributed by atoms with E-state index in [1.54, 1.807) is 18.2 Å². The molecule has 1 N–H and O–H groups in total. The van der Waals surface area contributed by atoms with Gasteiger partial charge >= 0.3 is 0 Å². The van der Waals surface area contributed by atoms with E-state index in [-0.39, 0.29) is 35.6 Å². The number of hydrogen-bond donors (Lipinski definition) is 1. The molecule has 2 aromatic carbocycles. The molecule has 33 heavy (non-hydrogen) atoms. The Balaban J connectivity index is 1.65. The number of benzene rings is 2. The smallest absolute Gasteiger partial charge is 0.294 e. The molecule has 2 aromatic rings. The minimum absolute atomic E-state index is 0.0444. The topological polar surface area (TPSA) is 58.6 Å². The van der Waals surface area contributed by atoms with E-state index in [0.29, 0.717) is 16.5 Å². The molecule has 6 heteroatoms. The van der Waals surface area contributed by atoms with E-state index in [0.717, 1.165) is 36.8 Å². The molecule has 2 aliphatic rings. The van der Waals surface area contributed by atoms with Crippen LogP contribution in [0.3, 0.4) is 0 Å². The summed E-state index contributed by atoms with van der Waals surface area (Å²) in [7, 11) is 0. The lowest BCUT2D eigenvalue weighted by molar-refractivity contribution is -0.124. The Morgan fingerprint density at radius 1 is 1.12 bits per heavy atom. The summed E-state index contributed by atoms with van der Waals surface area (Å²) >= 11 is 5.99. The van der Waals surface area contributed by atoms with Crippen LogP contribution in [0.5, 0.6) is 5.75 Å². The van der Waals surface area contributed by atoms with Gasteiger partial charge in [-0.3, -0.25) is 14.5 Å². The highest BCUT2D eigenvalue weighted by molar-refractivity contribution is 6.30. The van der Waals surface area contributed by atoms with E-state index in [1.165, 1.54) is 11.3 Å². The number of carbonyl (C=O) groups excluding carboxylic acids is 2. The lowest BCUT2D eigenvalue weighted by atomic mass is 9.86. The van der Waals surface area contributed by atoms with Crippen molar-refractivity contribution in [1.82, 2.24) is 5.32 Å². The third-order valence-electron chi connectivity index (χ3n) is 6.23. The molecule has 0 unspecified atom stereocenters. The molecule has 0 spiro atoms. The normalized spacial score (nSPS) is 18.1. The number of nitrogens with one attached hydrogen (secondary N) is 1. The minimum atomic E-state index is -0.331. The van der Waals surface area contributed by atoms with E-state index in [4.69, 9.17) is 16.3 Å².